The normalized spacial score (nSPS) is 18.4. The van der Waals surface area contributed by atoms with Crippen LogP contribution < -0.4 is 4.90 Å². The van der Waals surface area contributed by atoms with Gasteiger partial charge < -0.3 is 10.0 Å². The molecule has 4 nitrogen and oxygen atoms in total. The van der Waals surface area contributed by atoms with E-state index in [2.05, 4.69) is 28.1 Å². The van der Waals surface area contributed by atoms with Crippen molar-refractivity contribution in [2.24, 2.45) is 5.92 Å². The number of aliphatic hydroxyl groups is 1. The summed E-state index contributed by atoms with van der Waals surface area (Å²) in [5.74, 6) is 1.83. The van der Waals surface area contributed by atoms with Crippen molar-refractivity contribution in [1.29, 1.82) is 0 Å². The highest BCUT2D eigenvalue weighted by Gasteiger charge is 2.21. The molecule has 0 spiro atoms. The van der Waals surface area contributed by atoms with Crippen molar-refractivity contribution in [3.63, 3.8) is 0 Å². The molecule has 1 saturated heterocycles. The molecule has 1 aliphatic heterocycles. The first-order valence-electron chi connectivity index (χ1n) is 5.90. The van der Waals surface area contributed by atoms with E-state index in [1.807, 2.05) is 0 Å². The summed E-state index contributed by atoms with van der Waals surface area (Å²) in [6.45, 7) is 6.55. The second-order valence-electron chi connectivity index (χ2n) is 4.70. The zero-order valence-corrected chi connectivity index (χ0v) is 10.7. The molecule has 0 amide bonds. The molecule has 0 atom stereocenters. The maximum Gasteiger partial charge on any atom is 0.205 e. The Morgan fingerprint density at radius 2 is 2.12 bits per heavy atom. The first-order chi connectivity index (χ1) is 7.70. The molecule has 1 N–H and O–H groups in total. The topological polar surface area (TPSA) is 49.2 Å². The van der Waals surface area contributed by atoms with E-state index < -0.39 is 0 Å². The molecule has 0 unspecified atom stereocenters. The molecule has 5 heteroatoms. The van der Waals surface area contributed by atoms with Gasteiger partial charge in [0.2, 0.25) is 5.13 Å². The van der Waals surface area contributed by atoms with E-state index in [1.54, 1.807) is 0 Å². The first kappa shape index (κ1) is 11.8. The highest BCUT2D eigenvalue weighted by Crippen LogP contribution is 2.26. The molecule has 1 aromatic heterocycles. The molecule has 90 valence electrons. The van der Waals surface area contributed by atoms with Gasteiger partial charge in [0.15, 0.2) is 0 Å². The van der Waals surface area contributed by atoms with E-state index in [1.165, 1.54) is 11.5 Å². The van der Waals surface area contributed by atoms with Crippen LogP contribution in [-0.4, -0.2) is 34.2 Å². The highest BCUT2D eigenvalue weighted by atomic mass is 32.1. The molecule has 2 heterocycles. The first-order valence-corrected chi connectivity index (χ1v) is 6.67. The van der Waals surface area contributed by atoms with Gasteiger partial charge in [-0.25, -0.2) is 4.98 Å². The molecule has 0 bridgehead atoms. The van der Waals surface area contributed by atoms with Crippen LogP contribution in [0.1, 0.15) is 38.4 Å². The Balaban J connectivity index is 1.97. The zero-order valence-electron chi connectivity index (χ0n) is 9.89. The molecule has 1 fully saturated rings. The molecule has 0 saturated carbocycles. The Kier molecular flexibility index (Phi) is 3.76. The van der Waals surface area contributed by atoms with Crippen LogP contribution in [0.4, 0.5) is 5.13 Å². The van der Waals surface area contributed by atoms with Crippen LogP contribution in [0.3, 0.4) is 0 Å². The summed E-state index contributed by atoms with van der Waals surface area (Å²) in [5.41, 5.74) is 0. The Morgan fingerprint density at radius 1 is 1.44 bits per heavy atom. The predicted octanol–water partition coefficient (Wildman–Crippen LogP) is 1.87. The van der Waals surface area contributed by atoms with Gasteiger partial charge in [-0.3, -0.25) is 0 Å². The lowest BCUT2D eigenvalue weighted by Crippen LogP contribution is -2.34. The van der Waals surface area contributed by atoms with Gasteiger partial charge in [0, 0.05) is 37.1 Å². The van der Waals surface area contributed by atoms with Crippen LogP contribution in [0.2, 0.25) is 0 Å². The quantitative estimate of drug-likeness (QED) is 0.877. The smallest absolute Gasteiger partial charge is 0.205 e. The average molecular weight is 241 g/mol. The molecule has 1 aliphatic rings. The van der Waals surface area contributed by atoms with Gasteiger partial charge in [0.05, 0.1) is 0 Å². The van der Waals surface area contributed by atoms with Crippen molar-refractivity contribution in [2.45, 2.75) is 32.6 Å². The third kappa shape index (κ3) is 2.52. The van der Waals surface area contributed by atoms with Crippen molar-refractivity contribution in [2.75, 3.05) is 24.6 Å². The summed E-state index contributed by atoms with van der Waals surface area (Å²) in [4.78, 5) is 6.84. The number of aromatic nitrogens is 2. The molecule has 0 radical (unpaired) electrons. The average Bonchev–Trinajstić information content (AvgIpc) is 2.78. The largest absolute Gasteiger partial charge is 0.396 e. The summed E-state index contributed by atoms with van der Waals surface area (Å²) in [6.07, 6.45) is 2.13. The minimum absolute atomic E-state index is 0.321. The molecular weight excluding hydrogens is 222 g/mol. The lowest BCUT2D eigenvalue weighted by atomic mass is 9.98. The number of hydrogen-bond donors (Lipinski definition) is 1. The number of rotatable bonds is 3. The monoisotopic (exact) mass is 241 g/mol. The minimum atomic E-state index is 0.321. The van der Waals surface area contributed by atoms with Gasteiger partial charge in [-0.2, -0.15) is 4.37 Å². The maximum absolute atomic E-state index is 9.08. The molecule has 16 heavy (non-hydrogen) atoms. The predicted molar refractivity (Wildman–Crippen MR) is 66.0 cm³/mol. The number of aliphatic hydroxyl groups excluding tert-OH is 1. The number of anilines is 1. The summed E-state index contributed by atoms with van der Waals surface area (Å²) in [5, 5.41) is 10.1. The van der Waals surface area contributed by atoms with Gasteiger partial charge in [-0.1, -0.05) is 13.8 Å². The molecular formula is C11H19N3OS. The Labute approximate surface area is 100 Å². The fraction of sp³-hybridized carbons (Fsp3) is 0.818. The van der Waals surface area contributed by atoms with E-state index in [9.17, 15) is 0 Å². The summed E-state index contributed by atoms with van der Waals surface area (Å²) < 4.78 is 4.37. The highest BCUT2D eigenvalue weighted by molar-refractivity contribution is 7.09. The van der Waals surface area contributed by atoms with E-state index in [4.69, 9.17) is 5.11 Å². The summed E-state index contributed by atoms with van der Waals surface area (Å²) in [7, 11) is 0. The lowest BCUT2D eigenvalue weighted by molar-refractivity contribution is 0.203. The Bertz CT molecular complexity index is 332. The Morgan fingerprint density at radius 3 is 2.62 bits per heavy atom. The second kappa shape index (κ2) is 5.10. The van der Waals surface area contributed by atoms with Crippen molar-refractivity contribution in [1.82, 2.24) is 9.36 Å². The standard InChI is InChI=1S/C11H19N3OS/c1-8(2)10-12-11(16-13-10)14-5-3-9(7-15)4-6-14/h8-9,15H,3-7H2,1-2H3. The molecule has 0 aromatic carbocycles. The molecule has 2 rings (SSSR count). The van der Waals surface area contributed by atoms with Crippen LogP contribution in [0.5, 0.6) is 0 Å². The van der Waals surface area contributed by atoms with Crippen molar-refractivity contribution in [3.05, 3.63) is 5.82 Å². The minimum Gasteiger partial charge on any atom is -0.396 e. The zero-order chi connectivity index (χ0) is 11.5. The third-order valence-corrected chi connectivity index (χ3v) is 3.88. The van der Waals surface area contributed by atoms with E-state index in [-0.39, 0.29) is 0 Å². The van der Waals surface area contributed by atoms with Gasteiger partial charge >= 0.3 is 0 Å². The third-order valence-electron chi connectivity index (χ3n) is 3.09. The maximum atomic E-state index is 9.08. The van der Waals surface area contributed by atoms with E-state index >= 15 is 0 Å². The SMILES string of the molecule is CC(C)c1nsc(N2CCC(CO)CC2)n1. The second-order valence-corrected chi connectivity index (χ2v) is 5.43. The number of hydrogen-bond acceptors (Lipinski definition) is 5. The van der Waals surface area contributed by atoms with Gasteiger partial charge in [0.1, 0.15) is 5.82 Å². The Hall–Kier alpha value is -0.680. The lowest BCUT2D eigenvalue weighted by Gasteiger charge is -2.30. The van der Waals surface area contributed by atoms with Crippen LogP contribution >= 0.6 is 11.5 Å². The number of piperidine rings is 1. The number of nitrogens with zero attached hydrogens (tertiary/aromatic N) is 3. The fourth-order valence-corrected chi connectivity index (χ4v) is 2.76. The van der Waals surface area contributed by atoms with Crippen LogP contribution in [-0.2, 0) is 0 Å². The van der Waals surface area contributed by atoms with Gasteiger partial charge in [0.25, 0.3) is 0 Å². The van der Waals surface area contributed by atoms with Crippen molar-refractivity contribution in [3.8, 4) is 0 Å². The molecule has 0 aliphatic carbocycles. The van der Waals surface area contributed by atoms with Crippen LogP contribution in [0, 0.1) is 5.92 Å². The van der Waals surface area contributed by atoms with Crippen molar-refractivity contribution >= 4 is 16.7 Å². The van der Waals surface area contributed by atoms with Gasteiger partial charge in [-0.15, -0.1) is 0 Å². The molecule has 1 aromatic rings. The van der Waals surface area contributed by atoms with E-state index in [0.29, 0.717) is 18.4 Å². The van der Waals surface area contributed by atoms with E-state index in [0.717, 1.165) is 36.9 Å². The summed E-state index contributed by atoms with van der Waals surface area (Å²) >= 11 is 1.50. The van der Waals surface area contributed by atoms with Crippen LogP contribution in [0.25, 0.3) is 0 Å². The van der Waals surface area contributed by atoms with Crippen molar-refractivity contribution < 1.29 is 5.11 Å². The van der Waals surface area contributed by atoms with Gasteiger partial charge in [-0.05, 0) is 18.8 Å². The fourth-order valence-electron chi connectivity index (χ4n) is 1.90. The summed E-state index contributed by atoms with van der Waals surface area (Å²) in [6, 6.07) is 0. The van der Waals surface area contributed by atoms with Crippen LogP contribution in [0.15, 0.2) is 0 Å².